The Morgan fingerprint density at radius 1 is 1.12 bits per heavy atom. The number of halogens is 2. The summed E-state index contributed by atoms with van der Waals surface area (Å²) >= 11 is 1.60. The van der Waals surface area contributed by atoms with E-state index in [1.165, 1.54) is 0 Å². The number of piperazine rings is 1. The van der Waals surface area contributed by atoms with Gasteiger partial charge in [0.2, 0.25) is 5.91 Å². The van der Waals surface area contributed by atoms with Gasteiger partial charge in [-0.3, -0.25) is 14.6 Å². The molecular formula is C16H27Cl2N3O3S. The van der Waals surface area contributed by atoms with Crippen molar-refractivity contribution in [3.05, 3.63) is 22.4 Å². The summed E-state index contributed by atoms with van der Waals surface area (Å²) in [5.41, 5.74) is 0. The molecule has 9 heteroatoms. The number of morpholine rings is 1. The first-order valence-corrected chi connectivity index (χ1v) is 9.12. The number of carbonyl (C=O) groups excluding carboxylic acids is 1. The minimum atomic E-state index is -0.406. The third-order valence-corrected chi connectivity index (χ3v) is 5.46. The summed E-state index contributed by atoms with van der Waals surface area (Å²) in [6.07, 6.45) is -0.406. The molecule has 25 heavy (non-hydrogen) atoms. The van der Waals surface area contributed by atoms with Gasteiger partial charge in [0.15, 0.2) is 0 Å². The van der Waals surface area contributed by atoms with Gasteiger partial charge in [0, 0.05) is 50.7 Å². The Bertz CT molecular complexity index is 493. The van der Waals surface area contributed by atoms with Crippen LogP contribution >= 0.6 is 36.2 Å². The second-order valence-corrected chi connectivity index (χ2v) is 7.08. The number of aliphatic hydroxyl groups is 1. The molecule has 2 saturated heterocycles. The van der Waals surface area contributed by atoms with Crippen LogP contribution in [-0.4, -0.2) is 91.3 Å². The lowest BCUT2D eigenvalue weighted by atomic mass is 10.2. The van der Waals surface area contributed by atoms with Crippen molar-refractivity contribution in [1.29, 1.82) is 0 Å². The molecule has 0 saturated carbocycles. The molecule has 0 aromatic carbocycles. The van der Waals surface area contributed by atoms with Gasteiger partial charge in [-0.25, -0.2) is 0 Å². The van der Waals surface area contributed by atoms with Crippen molar-refractivity contribution in [3.8, 4) is 0 Å². The molecule has 2 aliphatic rings. The van der Waals surface area contributed by atoms with Crippen LogP contribution in [-0.2, 0) is 9.53 Å². The maximum atomic E-state index is 12.3. The molecule has 0 bridgehead atoms. The Morgan fingerprint density at radius 3 is 2.36 bits per heavy atom. The molecule has 1 aromatic rings. The minimum absolute atomic E-state index is 0. The van der Waals surface area contributed by atoms with E-state index >= 15 is 0 Å². The van der Waals surface area contributed by atoms with Crippen molar-refractivity contribution in [2.75, 3.05) is 65.6 Å². The third kappa shape index (κ3) is 6.67. The van der Waals surface area contributed by atoms with Crippen LogP contribution in [0.5, 0.6) is 0 Å². The number of carbonyl (C=O) groups is 1. The SMILES string of the molecule is Cl.Cl.O=C(CN1CCN(CC(O)c2cccs2)CC1)N1CCOCC1. The molecule has 1 aromatic heterocycles. The van der Waals surface area contributed by atoms with Gasteiger partial charge in [0.05, 0.1) is 19.8 Å². The average molecular weight is 412 g/mol. The van der Waals surface area contributed by atoms with Gasteiger partial charge in [-0.2, -0.15) is 0 Å². The van der Waals surface area contributed by atoms with Crippen molar-refractivity contribution in [1.82, 2.24) is 14.7 Å². The number of rotatable bonds is 5. The van der Waals surface area contributed by atoms with E-state index < -0.39 is 6.10 Å². The molecule has 6 nitrogen and oxygen atoms in total. The van der Waals surface area contributed by atoms with E-state index in [0.717, 1.165) is 31.1 Å². The fourth-order valence-corrected chi connectivity index (χ4v) is 3.75. The largest absolute Gasteiger partial charge is 0.386 e. The van der Waals surface area contributed by atoms with E-state index in [9.17, 15) is 9.90 Å². The van der Waals surface area contributed by atoms with Crippen molar-refractivity contribution < 1.29 is 14.6 Å². The second kappa shape index (κ2) is 11.3. The van der Waals surface area contributed by atoms with Crippen molar-refractivity contribution in [2.24, 2.45) is 0 Å². The van der Waals surface area contributed by atoms with Gasteiger partial charge < -0.3 is 14.7 Å². The van der Waals surface area contributed by atoms with Crippen LogP contribution in [0.25, 0.3) is 0 Å². The maximum Gasteiger partial charge on any atom is 0.236 e. The number of nitrogens with zero attached hydrogens (tertiary/aromatic N) is 3. The average Bonchev–Trinajstić information content (AvgIpc) is 3.12. The Labute approximate surface area is 165 Å². The molecular weight excluding hydrogens is 385 g/mol. The Kier molecular flexibility index (Phi) is 10.3. The Morgan fingerprint density at radius 2 is 1.76 bits per heavy atom. The molecule has 1 unspecified atom stereocenters. The number of hydrogen-bond acceptors (Lipinski definition) is 6. The lowest BCUT2D eigenvalue weighted by Crippen LogP contribution is -2.52. The standard InChI is InChI=1S/C16H25N3O3S.2ClH/c20-14(15-2-1-11-23-15)12-17-3-5-18(6-4-17)13-16(21)19-7-9-22-10-8-19;;/h1-2,11,14,20H,3-10,12-13H2;2*1H. The van der Waals surface area contributed by atoms with Gasteiger partial charge in [0.1, 0.15) is 6.10 Å². The van der Waals surface area contributed by atoms with Crippen molar-refractivity contribution >= 4 is 42.1 Å². The monoisotopic (exact) mass is 411 g/mol. The molecule has 1 N–H and O–H groups in total. The van der Waals surface area contributed by atoms with Crippen LogP contribution in [0.2, 0.25) is 0 Å². The Hall–Kier alpha value is -0.410. The van der Waals surface area contributed by atoms with Crippen LogP contribution in [0, 0.1) is 0 Å². The van der Waals surface area contributed by atoms with E-state index in [1.807, 2.05) is 22.4 Å². The van der Waals surface area contributed by atoms with E-state index in [-0.39, 0.29) is 30.7 Å². The quantitative estimate of drug-likeness (QED) is 0.785. The van der Waals surface area contributed by atoms with Crippen LogP contribution in [0.3, 0.4) is 0 Å². The molecule has 2 aliphatic heterocycles. The molecule has 1 amide bonds. The van der Waals surface area contributed by atoms with Gasteiger partial charge in [-0.15, -0.1) is 36.2 Å². The minimum Gasteiger partial charge on any atom is -0.386 e. The number of hydrogen-bond donors (Lipinski definition) is 1. The van der Waals surface area contributed by atoms with Crippen LogP contribution < -0.4 is 0 Å². The zero-order chi connectivity index (χ0) is 16.1. The van der Waals surface area contributed by atoms with Gasteiger partial charge in [0.25, 0.3) is 0 Å². The van der Waals surface area contributed by atoms with Crippen LogP contribution in [0.15, 0.2) is 17.5 Å². The zero-order valence-corrected chi connectivity index (χ0v) is 16.7. The lowest BCUT2D eigenvalue weighted by Gasteiger charge is -2.36. The molecule has 0 radical (unpaired) electrons. The van der Waals surface area contributed by atoms with Crippen LogP contribution in [0.1, 0.15) is 11.0 Å². The fourth-order valence-electron chi connectivity index (χ4n) is 3.05. The first kappa shape index (κ1) is 22.6. The summed E-state index contributed by atoms with van der Waals surface area (Å²) in [7, 11) is 0. The topological polar surface area (TPSA) is 56.2 Å². The van der Waals surface area contributed by atoms with Gasteiger partial charge in [-0.05, 0) is 11.4 Å². The van der Waals surface area contributed by atoms with E-state index in [4.69, 9.17) is 4.74 Å². The molecule has 2 fully saturated rings. The molecule has 144 valence electrons. The Balaban J connectivity index is 0.00000156. The van der Waals surface area contributed by atoms with Gasteiger partial charge in [-0.1, -0.05) is 6.07 Å². The summed E-state index contributed by atoms with van der Waals surface area (Å²) < 4.78 is 5.28. The molecule has 0 spiro atoms. The number of aliphatic hydroxyl groups excluding tert-OH is 1. The predicted molar refractivity (Wildman–Crippen MR) is 104 cm³/mol. The highest BCUT2D eigenvalue weighted by Gasteiger charge is 2.24. The predicted octanol–water partition coefficient (Wildman–Crippen LogP) is 1.10. The van der Waals surface area contributed by atoms with Gasteiger partial charge >= 0.3 is 0 Å². The van der Waals surface area contributed by atoms with Crippen molar-refractivity contribution in [3.63, 3.8) is 0 Å². The summed E-state index contributed by atoms with van der Waals surface area (Å²) in [6, 6.07) is 3.95. The highest BCUT2D eigenvalue weighted by atomic mass is 35.5. The first-order chi connectivity index (χ1) is 11.2. The molecule has 1 atom stereocenters. The lowest BCUT2D eigenvalue weighted by molar-refractivity contribution is -0.136. The number of amides is 1. The maximum absolute atomic E-state index is 12.3. The molecule has 3 rings (SSSR count). The highest BCUT2D eigenvalue weighted by Crippen LogP contribution is 2.20. The fraction of sp³-hybridized carbons (Fsp3) is 0.688. The highest BCUT2D eigenvalue weighted by molar-refractivity contribution is 7.10. The smallest absolute Gasteiger partial charge is 0.236 e. The summed E-state index contributed by atoms with van der Waals surface area (Å²) in [6.45, 7) is 7.48. The molecule has 3 heterocycles. The van der Waals surface area contributed by atoms with E-state index in [1.54, 1.807) is 11.3 Å². The third-order valence-electron chi connectivity index (χ3n) is 4.49. The van der Waals surface area contributed by atoms with E-state index in [0.29, 0.717) is 39.4 Å². The number of β-amino-alcohol motifs (C(OH)–C–C–N with tert-alkyl or cyclic N) is 1. The first-order valence-electron chi connectivity index (χ1n) is 8.24. The molecule has 0 aliphatic carbocycles. The van der Waals surface area contributed by atoms with Crippen LogP contribution in [0.4, 0.5) is 0 Å². The summed E-state index contributed by atoms with van der Waals surface area (Å²) in [4.78, 5) is 19.7. The van der Waals surface area contributed by atoms with E-state index in [2.05, 4.69) is 9.80 Å². The summed E-state index contributed by atoms with van der Waals surface area (Å²) in [5, 5.41) is 12.2. The zero-order valence-electron chi connectivity index (χ0n) is 14.2. The number of thiophene rings is 1. The normalized spacial score (nSPS) is 20.4. The number of ether oxygens (including phenoxy) is 1. The second-order valence-electron chi connectivity index (χ2n) is 6.10. The summed E-state index contributed by atoms with van der Waals surface area (Å²) in [5.74, 6) is 0.209. The van der Waals surface area contributed by atoms with Crippen molar-refractivity contribution in [2.45, 2.75) is 6.10 Å².